The molecule has 0 amide bonds. The zero-order valence-electron chi connectivity index (χ0n) is 9.48. The fourth-order valence-electron chi connectivity index (χ4n) is 1.53. The maximum atomic E-state index is 13.1. The molecule has 0 unspecified atom stereocenters. The molecule has 0 aliphatic heterocycles. The Balaban J connectivity index is 2.46. The van der Waals surface area contributed by atoms with Crippen molar-refractivity contribution in [2.24, 2.45) is 7.05 Å². The molecule has 1 heterocycles. The van der Waals surface area contributed by atoms with Crippen molar-refractivity contribution in [2.45, 2.75) is 0 Å². The first-order valence-electron chi connectivity index (χ1n) is 4.99. The van der Waals surface area contributed by atoms with Crippen LogP contribution in [0.2, 0.25) is 0 Å². The number of aromatic nitrogens is 2. The van der Waals surface area contributed by atoms with Crippen molar-refractivity contribution in [1.82, 2.24) is 9.78 Å². The lowest BCUT2D eigenvalue weighted by atomic mass is 10.1. The number of hydrogen-bond acceptors (Lipinski definition) is 3. The van der Waals surface area contributed by atoms with Crippen molar-refractivity contribution in [3.63, 3.8) is 0 Å². The van der Waals surface area contributed by atoms with Crippen molar-refractivity contribution < 1.29 is 13.9 Å². The molecule has 0 aliphatic carbocycles. The Morgan fingerprint density at radius 1 is 1.41 bits per heavy atom. The largest absolute Gasteiger partial charge is 0.496 e. The van der Waals surface area contributed by atoms with Crippen LogP contribution < -0.4 is 4.74 Å². The molecule has 0 fully saturated rings. The van der Waals surface area contributed by atoms with Gasteiger partial charge in [-0.05, 0) is 24.3 Å². The molecule has 2 rings (SSSR count). The first-order chi connectivity index (χ1) is 8.11. The SMILES string of the molecule is COc1ccc(F)cc1C(=O)c1ccn(C)n1. The highest BCUT2D eigenvalue weighted by molar-refractivity contribution is 6.09. The molecule has 2 aromatic rings. The van der Waals surface area contributed by atoms with Crippen LogP contribution in [0.25, 0.3) is 0 Å². The average molecular weight is 234 g/mol. The molecule has 0 spiro atoms. The van der Waals surface area contributed by atoms with Crippen LogP contribution in [0.5, 0.6) is 5.75 Å². The van der Waals surface area contributed by atoms with Gasteiger partial charge < -0.3 is 4.74 Å². The van der Waals surface area contributed by atoms with E-state index in [0.717, 1.165) is 6.07 Å². The zero-order chi connectivity index (χ0) is 12.4. The molecule has 0 aliphatic rings. The molecular weight excluding hydrogens is 223 g/mol. The predicted molar refractivity (Wildman–Crippen MR) is 59.6 cm³/mol. The maximum Gasteiger partial charge on any atom is 0.217 e. The second-order valence-electron chi connectivity index (χ2n) is 3.55. The molecule has 0 saturated heterocycles. The summed E-state index contributed by atoms with van der Waals surface area (Å²) in [6, 6.07) is 5.39. The molecule has 88 valence electrons. The number of halogens is 1. The minimum Gasteiger partial charge on any atom is -0.496 e. The molecule has 1 aromatic heterocycles. The Morgan fingerprint density at radius 3 is 2.76 bits per heavy atom. The lowest BCUT2D eigenvalue weighted by molar-refractivity contribution is 0.103. The highest BCUT2D eigenvalue weighted by Crippen LogP contribution is 2.21. The van der Waals surface area contributed by atoms with Crippen molar-refractivity contribution in [1.29, 1.82) is 0 Å². The summed E-state index contributed by atoms with van der Waals surface area (Å²) in [5, 5.41) is 3.98. The van der Waals surface area contributed by atoms with Crippen molar-refractivity contribution in [3.8, 4) is 5.75 Å². The zero-order valence-corrected chi connectivity index (χ0v) is 9.48. The second kappa shape index (κ2) is 4.37. The van der Waals surface area contributed by atoms with E-state index in [9.17, 15) is 9.18 Å². The molecule has 0 atom stereocenters. The van der Waals surface area contributed by atoms with Gasteiger partial charge in [0.05, 0.1) is 12.7 Å². The monoisotopic (exact) mass is 234 g/mol. The number of nitrogens with zero attached hydrogens (tertiary/aromatic N) is 2. The molecule has 0 saturated carbocycles. The van der Waals surface area contributed by atoms with Gasteiger partial charge in [-0.1, -0.05) is 0 Å². The number of carbonyl (C=O) groups is 1. The van der Waals surface area contributed by atoms with Gasteiger partial charge in [0.1, 0.15) is 17.3 Å². The Bertz CT molecular complexity index is 563. The van der Waals surface area contributed by atoms with Crippen LogP contribution in [-0.4, -0.2) is 22.7 Å². The molecule has 1 aromatic carbocycles. The summed E-state index contributed by atoms with van der Waals surface area (Å²) in [6.07, 6.45) is 1.65. The van der Waals surface area contributed by atoms with E-state index in [1.807, 2.05) is 0 Å². The van der Waals surface area contributed by atoms with E-state index in [-0.39, 0.29) is 17.0 Å². The quantitative estimate of drug-likeness (QED) is 0.760. The lowest BCUT2D eigenvalue weighted by Crippen LogP contribution is -2.06. The van der Waals surface area contributed by atoms with Crippen molar-refractivity contribution >= 4 is 5.78 Å². The molecule has 4 nitrogen and oxygen atoms in total. The lowest BCUT2D eigenvalue weighted by Gasteiger charge is -2.05. The fraction of sp³-hybridized carbons (Fsp3) is 0.167. The molecule has 5 heteroatoms. The highest BCUT2D eigenvalue weighted by atomic mass is 19.1. The Kier molecular flexibility index (Phi) is 2.91. The number of hydrogen-bond donors (Lipinski definition) is 0. The molecule has 0 bridgehead atoms. The topological polar surface area (TPSA) is 44.1 Å². The van der Waals surface area contributed by atoms with Crippen LogP contribution in [0.15, 0.2) is 30.5 Å². The molecule has 0 radical (unpaired) electrons. The van der Waals surface area contributed by atoms with Gasteiger partial charge in [-0.3, -0.25) is 9.48 Å². The summed E-state index contributed by atoms with van der Waals surface area (Å²) in [6.45, 7) is 0. The third-order valence-corrected chi connectivity index (χ3v) is 2.35. The van der Waals surface area contributed by atoms with Gasteiger partial charge in [-0.15, -0.1) is 0 Å². The van der Waals surface area contributed by atoms with E-state index in [0.29, 0.717) is 5.75 Å². The van der Waals surface area contributed by atoms with Crippen LogP contribution in [0.4, 0.5) is 4.39 Å². The van der Waals surface area contributed by atoms with Gasteiger partial charge in [0.15, 0.2) is 0 Å². The number of rotatable bonds is 3. The number of benzene rings is 1. The predicted octanol–water partition coefficient (Wildman–Crippen LogP) is 1.80. The molecule has 0 N–H and O–H groups in total. The third kappa shape index (κ3) is 2.18. The number of carbonyl (C=O) groups excluding carboxylic acids is 1. The standard InChI is InChI=1S/C12H11FN2O2/c1-15-6-5-10(14-15)12(16)9-7-8(13)3-4-11(9)17-2/h3-7H,1-2H3. The summed E-state index contributed by atoms with van der Waals surface area (Å²) in [7, 11) is 3.14. The number of ether oxygens (including phenoxy) is 1. The van der Waals surface area contributed by atoms with Gasteiger partial charge in [0.25, 0.3) is 0 Å². The fourth-order valence-corrected chi connectivity index (χ4v) is 1.53. The number of methoxy groups -OCH3 is 1. The van der Waals surface area contributed by atoms with E-state index >= 15 is 0 Å². The smallest absolute Gasteiger partial charge is 0.217 e. The van der Waals surface area contributed by atoms with Crippen LogP contribution in [0.3, 0.4) is 0 Å². The summed E-state index contributed by atoms with van der Waals surface area (Å²) < 4.78 is 19.7. The van der Waals surface area contributed by atoms with Crippen LogP contribution in [-0.2, 0) is 7.05 Å². The summed E-state index contributed by atoms with van der Waals surface area (Å²) in [5.41, 5.74) is 0.433. The maximum absolute atomic E-state index is 13.1. The Hall–Kier alpha value is -2.17. The highest BCUT2D eigenvalue weighted by Gasteiger charge is 2.17. The van der Waals surface area contributed by atoms with E-state index in [1.165, 1.54) is 23.9 Å². The van der Waals surface area contributed by atoms with Crippen LogP contribution in [0.1, 0.15) is 16.1 Å². The minimum atomic E-state index is -0.481. The van der Waals surface area contributed by atoms with E-state index in [4.69, 9.17) is 4.74 Å². The summed E-state index contributed by atoms with van der Waals surface area (Å²) >= 11 is 0. The van der Waals surface area contributed by atoms with E-state index < -0.39 is 5.82 Å². The molecule has 17 heavy (non-hydrogen) atoms. The van der Waals surface area contributed by atoms with Gasteiger partial charge in [0.2, 0.25) is 5.78 Å². The van der Waals surface area contributed by atoms with Gasteiger partial charge in [-0.25, -0.2) is 4.39 Å². The van der Waals surface area contributed by atoms with Crippen LogP contribution >= 0.6 is 0 Å². The van der Waals surface area contributed by atoms with Gasteiger partial charge in [0, 0.05) is 13.2 Å². The Labute approximate surface area is 97.6 Å². The average Bonchev–Trinajstić information content (AvgIpc) is 2.75. The molecular formula is C12H11FN2O2. The minimum absolute atomic E-state index is 0.172. The first-order valence-corrected chi connectivity index (χ1v) is 4.99. The van der Waals surface area contributed by atoms with Gasteiger partial charge >= 0.3 is 0 Å². The normalized spacial score (nSPS) is 10.3. The summed E-state index contributed by atoms with van der Waals surface area (Å²) in [4.78, 5) is 12.1. The van der Waals surface area contributed by atoms with Gasteiger partial charge in [-0.2, -0.15) is 5.10 Å². The summed E-state index contributed by atoms with van der Waals surface area (Å²) in [5.74, 6) is -0.505. The third-order valence-electron chi connectivity index (χ3n) is 2.35. The van der Waals surface area contributed by atoms with Crippen molar-refractivity contribution in [2.75, 3.05) is 7.11 Å². The van der Waals surface area contributed by atoms with Crippen molar-refractivity contribution in [3.05, 3.63) is 47.5 Å². The number of ketones is 1. The van der Waals surface area contributed by atoms with E-state index in [1.54, 1.807) is 19.3 Å². The van der Waals surface area contributed by atoms with E-state index in [2.05, 4.69) is 5.10 Å². The number of aryl methyl sites for hydroxylation is 1. The van der Waals surface area contributed by atoms with Crippen LogP contribution in [0, 0.1) is 5.82 Å². The Morgan fingerprint density at radius 2 is 2.18 bits per heavy atom. The first kappa shape index (κ1) is 11.3. The second-order valence-corrected chi connectivity index (χ2v) is 3.55.